The first-order chi connectivity index (χ1) is 13.6. The van der Waals surface area contributed by atoms with Crippen molar-refractivity contribution in [1.82, 2.24) is 24.9 Å². The lowest BCUT2D eigenvalue weighted by Gasteiger charge is -2.34. The third kappa shape index (κ3) is 4.28. The first-order valence-electron chi connectivity index (χ1n) is 9.57. The predicted molar refractivity (Wildman–Crippen MR) is 103 cm³/mol. The van der Waals surface area contributed by atoms with Crippen molar-refractivity contribution in [2.45, 2.75) is 18.9 Å². The SMILES string of the molecule is O=C(CN1CCN(C(=O)c2ccc(=O)n(-c3ccccc3)n2)CC1)NC1CC1. The number of aromatic nitrogens is 2. The van der Waals surface area contributed by atoms with Gasteiger partial charge in [0.15, 0.2) is 0 Å². The molecule has 2 amide bonds. The number of nitrogens with zero attached hydrogens (tertiary/aromatic N) is 4. The molecule has 1 saturated heterocycles. The second-order valence-corrected chi connectivity index (χ2v) is 7.21. The number of carbonyl (C=O) groups is 2. The van der Waals surface area contributed by atoms with Gasteiger partial charge in [-0.05, 0) is 31.0 Å². The monoisotopic (exact) mass is 381 g/mol. The number of hydrogen-bond acceptors (Lipinski definition) is 5. The number of piperazine rings is 1. The van der Waals surface area contributed by atoms with Crippen LogP contribution in [0.3, 0.4) is 0 Å². The summed E-state index contributed by atoms with van der Waals surface area (Å²) in [5.74, 6) is -0.148. The van der Waals surface area contributed by atoms with Gasteiger partial charge in [-0.25, -0.2) is 0 Å². The molecule has 2 fully saturated rings. The third-order valence-corrected chi connectivity index (χ3v) is 4.99. The van der Waals surface area contributed by atoms with Crippen LogP contribution in [0.4, 0.5) is 0 Å². The molecule has 0 unspecified atom stereocenters. The number of para-hydroxylation sites is 1. The highest BCUT2D eigenvalue weighted by molar-refractivity contribution is 5.92. The Bertz CT molecular complexity index is 915. The van der Waals surface area contributed by atoms with Crippen LogP contribution in [0, 0.1) is 0 Å². The van der Waals surface area contributed by atoms with Gasteiger partial charge in [0, 0.05) is 38.3 Å². The maximum absolute atomic E-state index is 12.8. The maximum Gasteiger partial charge on any atom is 0.274 e. The molecule has 8 nitrogen and oxygen atoms in total. The fourth-order valence-electron chi connectivity index (χ4n) is 3.25. The Balaban J connectivity index is 1.39. The highest BCUT2D eigenvalue weighted by atomic mass is 16.2. The number of amides is 2. The zero-order valence-electron chi connectivity index (χ0n) is 15.6. The van der Waals surface area contributed by atoms with Gasteiger partial charge in [0.25, 0.3) is 11.5 Å². The van der Waals surface area contributed by atoms with Crippen LogP contribution in [0.2, 0.25) is 0 Å². The summed E-state index contributed by atoms with van der Waals surface area (Å²) in [6.45, 7) is 2.71. The van der Waals surface area contributed by atoms with Crippen molar-refractivity contribution in [2.75, 3.05) is 32.7 Å². The Morgan fingerprint density at radius 3 is 2.39 bits per heavy atom. The van der Waals surface area contributed by atoms with Crippen LogP contribution in [-0.4, -0.2) is 70.2 Å². The summed E-state index contributed by atoms with van der Waals surface area (Å²) >= 11 is 0. The molecule has 1 aromatic heterocycles. The molecule has 146 valence electrons. The molecule has 1 aromatic carbocycles. The van der Waals surface area contributed by atoms with Crippen molar-refractivity contribution in [1.29, 1.82) is 0 Å². The lowest BCUT2D eigenvalue weighted by molar-refractivity contribution is -0.122. The van der Waals surface area contributed by atoms with E-state index in [9.17, 15) is 14.4 Å². The largest absolute Gasteiger partial charge is 0.352 e. The number of carbonyl (C=O) groups excluding carboxylic acids is 2. The Kier molecular flexibility index (Phi) is 5.21. The van der Waals surface area contributed by atoms with E-state index in [4.69, 9.17) is 0 Å². The van der Waals surface area contributed by atoms with E-state index in [-0.39, 0.29) is 23.1 Å². The highest BCUT2D eigenvalue weighted by Crippen LogP contribution is 2.18. The van der Waals surface area contributed by atoms with Crippen molar-refractivity contribution in [2.24, 2.45) is 0 Å². The van der Waals surface area contributed by atoms with Gasteiger partial charge < -0.3 is 10.2 Å². The van der Waals surface area contributed by atoms with E-state index in [0.717, 1.165) is 12.8 Å². The minimum atomic E-state index is -0.283. The molecule has 0 spiro atoms. The van der Waals surface area contributed by atoms with Crippen molar-refractivity contribution in [3.63, 3.8) is 0 Å². The van der Waals surface area contributed by atoms with Crippen molar-refractivity contribution >= 4 is 11.8 Å². The number of nitrogens with one attached hydrogen (secondary N) is 1. The Morgan fingerprint density at radius 2 is 1.71 bits per heavy atom. The van der Waals surface area contributed by atoms with Crippen LogP contribution in [0.1, 0.15) is 23.3 Å². The van der Waals surface area contributed by atoms with Crippen LogP contribution >= 0.6 is 0 Å². The highest BCUT2D eigenvalue weighted by Gasteiger charge is 2.27. The molecule has 8 heteroatoms. The fourth-order valence-corrected chi connectivity index (χ4v) is 3.25. The van der Waals surface area contributed by atoms with E-state index in [1.54, 1.807) is 17.0 Å². The second-order valence-electron chi connectivity index (χ2n) is 7.21. The zero-order chi connectivity index (χ0) is 19.5. The summed E-state index contributed by atoms with van der Waals surface area (Å²) in [5, 5.41) is 7.24. The molecule has 0 radical (unpaired) electrons. The number of rotatable bonds is 5. The topological polar surface area (TPSA) is 87.5 Å². The normalized spacial score (nSPS) is 17.4. The lowest BCUT2D eigenvalue weighted by Crippen LogP contribution is -2.51. The summed E-state index contributed by atoms with van der Waals surface area (Å²) in [5.41, 5.74) is 0.575. The molecule has 1 aliphatic heterocycles. The zero-order valence-corrected chi connectivity index (χ0v) is 15.6. The number of hydrogen-bond donors (Lipinski definition) is 1. The summed E-state index contributed by atoms with van der Waals surface area (Å²) in [7, 11) is 0. The Morgan fingerprint density at radius 1 is 1.00 bits per heavy atom. The molecule has 2 aromatic rings. The van der Waals surface area contributed by atoms with Crippen LogP contribution in [0.5, 0.6) is 0 Å². The van der Waals surface area contributed by atoms with E-state index in [1.807, 2.05) is 18.2 Å². The van der Waals surface area contributed by atoms with Crippen LogP contribution in [-0.2, 0) is 4.79 Å². The van der Waals surface area contributed by atoms with Crippen molar-refractivity contribution < 1.29 is 9.59 Å². The molecule has 28 heavy (non-hydrogen) atoms. The molecule has 2 heterocycles. The van der Waals surface area contributed by atoms with Gasteiger partial charge in [-0.3, -0.25) is 19.3 Å². The summed E-state index contributed by atoms with van der Waals surface area (Å²) in [6.07, 6.45) is 2.15. The van der Waals surface area contributed by atoms with E-state index >= 15 is 0 Å². The van der Waals surface area contributed by atoms with E-state index < -0.39 is 0 Å². The summed E-state index contributed by atoms with van der Waals surface area (Å²) in [4.78, 5) is 40.7. The van der Waals surface area contributed by atoms with Gasteiger partial charge in [-0.1, -0.05) is 18.2 Å². The van der Waals surface area contributed by atoms with E-state index in [0.29, 0.717) is 44.5 Å². The molecule has 0 bridgehead atoms. The van der Waals surface area contributed by atoms with E-state index in [1.165, 1.54) is 16.8 Å². The van der Waals surface area contributed by atoms with Crippen molar-refractivity contribution in [3.8, 4) is 5.69 Å². The molecular weight excluding hydrogens is 358 g/mol. The third-order valence-electron chi connectivity index (χ3n) is 4.99. The van der Waals surface area contributed by atoms with Gasteiger partial charge in [0.2, 0.25) is 5.91 Å². The van der Waals surface area contributed by atoms with Gasteiger partial charge in [-0.2, -0.15) is 9.78 Å². The van der Waals surface area contributed by atoms with Crippen molar-refractivity contribution in [3.05, 3.63) is 58.5 Å². The molecule has 4 rings (SSSR count). The summed E-state index contributed by atoms with van der Waals surface area (Å²) in [6, 6.07) is 12.2. The lowest BCUT2D eigenvalue weighted by atomic mass is 10.2. The van der Waals surface area contributed by atoms with Gasteiger partial charge >= 0.3 is 0 Å². The quantitative estimate of drug-likeness (QED) is 0.803. The van der Waals surface area contributed by atoms with Crippen LogP contribution in [0.15, 0.2) is 47.3 Å². The molecule has 1 saturated carbocycles. The first kappa shape index (κ1) is 18.4. The average molecular weight is 381 g/mol. The molecule has 2 aliphatic rings. The Labute approximate surface area is 162 Å². The van der Waals surface area contributed by atoms with Gasteiger partial charge in [-0.15, -0.1) is 0 Å². The van der Waals surface area contributed by atoms with Crippen LogP contribution < -0.4 is 10.9 Å². The minimum Gasteiger partial charge on any atom is -0.352 e. The van der Waals surface area contributed by atoms with Crippen LogP contribution in [0.25, 0.3) is 5.69 Å². The first-order valence-corrected chi connectivity index (χ1v) is 9.57. The smallest absolute Gasteiger partial charge is 0.274 e. The van der Waals surface area contributed by atoms with E-state index in [2.05, 4.69) is 15.3 Å². The molecule has 1 aliphatic carbocycles. The predicted octanol–water partition coefficient (Wildman–Crippen LogP) is 0.269. The molecule has 1 N–H and O–H groups in total. The van der Waals surface area contributed by atoms with Gasteiger partial charge in [0.1, 0.15) is 5.69 Å². The number of benzene rings is 1. The molecular formula is C20H23N5O3. The fraction of sp³-hybridized carbons (Fsp3) is 0.400. The average Bonchev–Trinajstić information content (AvgIpc) is 3.53. The van der Waals surface area contributed by atoms with Gasteiger partial charge in [0.05, 0.1) is 12.2 Å². The standard InChI is InChI=1S/C20H23N5O3/c26-18(21-15-6-7-15)14-23-10-12-24(13-11-23)20(28)17-8-9-19(27)25(22-17)16-4-2-1-3-5-16/h1-5,8-9,15H,6-7,10-14H2,(H,21,26). The minimum absolute atomic E-state index is 0.0545. The summed E-state index contributed by atoms with van der Waals surface area (Å²) < 4.78 is 1.24. The Hall–Kier alpha value is -3.00. The molecule has 0 atom stereocenters. The maximum atomic E-state index is 12.8. The second kappa shape index (κ2) is 7.93.